The van der Waals surface area contributed by atoms with Crippen LogP contribution in [0.5, 0.6) is 5.75 Å². The molecule has 180 valence electrons. The van der Waals surface area contributed by atoms with Crippen molar-refractivity contribution in [3.8, 4) is 17.0 Å². The van der Waals surface area contributed by atoms with Gasteiger partial charge in [0.2, 0.25) is 0 Å². The number of amides is 2. The zero-order valence-corrected chi connectivity index (χ0v) is 18.9. The smallest absolute Gasteiger partial charge is 0.319 e. The molecular weight excluding hydrogens is 441 g/mol. The van der Waals surface area contributed by atoms with E-state index in [1.807, 2.05) is 0 Å². The lowest BCUT2D eigenvalue weighted by Crippen LogP contribution is -2.52. The summed E-state index contributed by atoms with van der Waals surface area (Å²) in [4.78, 5) is 12.4. The maximum Gasteiger partial charge on any atom is 0.319 e. The van der Waals surface area contributed by atoms with Gasteiger partial charge in [-0.05, 0) is 55.7 Å². The predicted octanol–water partition coefficient (Wildman–Crippen LogP) is 3.21. The Morgan fingerprint density at radius 1 is 1.24 bits per heavy atom. The number of hydrogen-bond acceptors (Lipinski definition) is 6. The second-order valence-electron chi connectivity index (χ2n) is 8.13. The van der Waals surface area contributed by atoms with Crippen molar-refractivity contribution in [3.63, 3.8) is 0 Å². The highest BCUT2D eigenvalue weighted by molar-refractivity contribution is 5.89. The zero-order valence-electron chi connectivity index (χ0n) is 18.9. The first-order valence-electron chi connectivity index (χ1n) is 11.2. The minimum absolute atomic E-state index is 0.0963. The molecule has 10 heteroatoms. The molecule has 1 aromatic heterocycles. The number of methoxy groups -OCH3 is 1. The number of benzene rings is 2. The first kappa shape index (κ1) is 23.7. The normalized spacial score (nSPS) is 20.0. The summed E-state index contributed by atoms with van der Waals surface area (Å²) >= 11 is 0. The number of carbonyl (C=O) groups is 1. The summed E-state index contributed by atoms with van der Waals surface area (Å²) in [5, 5.41) is 23.6. The van der Waals surface area contributed by atoms with E-state index in [-0.39, 0.29) is 30.6 Å². The van der Waals surface area contributed by atoms with Gasteiger partial charge in [-0.2, -0.15) is 0 Å². The van der Waals surface area contributed by atoms with Crippen molar-refractivity contribution >= 4 is 11.7 Å². The van der Waals surface area contributed by atoms with Crippen LogP contribution in [-0.4, -0.2) is 58.1 Å². The molecule has 1 aliphatic rings. The molecule has 0 unspecified atom stereocenters. The molecule has 34 heavy (non-hydrogen) atoms. The molecule has 0 spiro atoms. The van der Waals surface area contributed by atoms with Gasteiger partial charge in [0.25, 0.3) is 0 Å². The number of ether oxygens (including phenoxy) is 2. The molecule has 2 aromatic carbocycles. The summed E-state index contributed by atoms with van der Waals surface area (Å²) in [6.07, 6.45) is 3.15. The van der Waals surface area contributed by atoms with Gasteiger partial charge in [0.1, 0.15) is 23.4 Å². The molecule has 2 amide bonds. The summed E-state index contributed by atoms with van der Waals surface area (Å²) in [6, 6.07) is 12.8. The molecule has 9 nitrogen and oxygen atoms in total. The molecule has 1 saturated heterocycles. The molecule has 4 rings (SSSR count). The van der Waals surface area contributed by atoms with Crippen LogP contribution in [0, 0.1) is 5.82 Å². The third kappa shape index (κ3) is 5.89. The molecule has 0 saturated carbocycles. The van der Waals surface area contributed by atoms with E-state index in [1.165, 1.54) is 6.07 Å². The van der Waals surface area contributed by atoms with Gasteiger partial charge in [-0.25, -0.2) is 9.18 Å². The fourth-order valence-corrected chi connectivity index (χ4v) is 4.00. The molecule has 1 aliphatic heterocycles. The van der Waals surface area contributed by atoms with E-state index in [0.717, 1.165) is 6.42 Å². The summed E-state index contributed by atoms with van der Waals surface area (Å²) in [5.74, 6) is 0.359. The van der Waals surface area contributed by atoms with Gasteiger partial charge < -0.3 is 25.2 Å². The standard InChI is InChI=1S/C24H28FN5O4/c1-33-17-8-6-16(7-9-17)26-24(32)27-21-11-10-18(34-23(21)15-31)12-13-30-14-22(28-29-30)19-4-2-3-5-20(19)25/h2-9,14,18,21,23,31H,10-13,15H2,1H3,(H2,26,27,32)/t18-,21-,23+/m1/s1. The van der Waals surface area contributed by atoms with Crippen LogP contribution in [0.2, 0.25) is 0 Å². The Balaban J connectivity index is 1.26. The van der Waals surface area contributed by atoms with Crippen molar-refractivity contribution in [2.24, 2.45) is 0 Å². The number of aliphatic hydroxyl groups is 1. The van der Waals surface area contributed by atoms with Gasteiger partial charge in [-0.3, -0.25) is 4.68 Å². The number of aliphatic hydroxyl groups excluding tert-OH is 1. The van der Waals surface area contributed by atoms with Crippen LogP contribution in [0.25, 0.3) is 11.3 Å². The second-order valence-corrected chi connectivity index (χ2v) is 8.13. The average Bonchev–Trinajstić information content (AvgIpc) is 3.33. The van der Waals surface area contributed by atoms with Crippen molar-refractivity contribution in [1.29, 1.82) is 0 Å². The molecule has 3 atom stereocenters. The Kier molecular flexibility index (Phi) is 7.71. The SMILES string of the molecule is COc1ccc(NC(=O)N[C@@H]2CC[C@H](CCn3cc(-c4ccccc4F)nn3)O[C@H]2CO)cc1. The molecule has 0 aliphatic carbocycles. The van der Waals surface area contributed by atoms with E-state index in [0.29, 0.717) is 42.1 Å². The number of nitrogens with one attached hydrogen (secondary N) is 2. The van der Waals surface area contributed by atoms with E-state index in [4.69, 9.17) is 9.47 Å². The molecular formula is C24H28FN5O4. The van der Waals surface area contributed by atoms with Gasteiger partial charge in [0, 0.05) is 17.8 Å². The van der Waals surface area contributed by atoms with Crippen molar-refractivity contribution < 1.29 is 23.8 Å². The summed E-state index contributed by atoms with van der Waals surface area (Å²) in [7, 11) is 1.58. The summed E-state index contributed by atoms with van der Waals surface area (Å²) in [6.45, 7) is 0.338. The van der Waals surface area contributed by atoms with Crippen LogP contribution in [0.4, 0.5) is 14.9 Å². The van der Waals surface area contributed by atoms with Gasteiger partial charge in [0.15, 0.2) is 0 Å². The van der Waals surface area contributed by atoms with E-state index in [1.54, 1.807) is 60.5 Å². The quantitative estimate of drug-likeness (QED) is 0.467. The Hall–Kier alpha value is -3.50. The number of aryl methyl sites for hydroxylation is 1. The van der Waals surface area contributed by atoms with Gasteiger partial charge >= 0.3 is 6.03 Å². The van der Waals surface area contributed by atoms with E-state index < -0.39 is 6.10 Å². The largest absolute Gasteiger partial charge is 0.497 e. The average molecular weight is 470 g/mol. The third-order valence-corrected chi connectivity index (χ3v) is 5.83. The fraction of sp³-hybridized carbons (Fsp3) is 0.375. The number of rotatable bonds is 8. The molecule has 3 N–H and O–H groups in total. The number of hydrogen-bond donors (Lipinski definition) is 3. The monoisotopic (exact) mass is 469 g/mol. The Morgan fingerprint density at radius 2 is 2.03 bits per heavy atom. The number of anilines is 1. The molecule has 3 aromatic rings. The lowest BCUT2D eigenvalue weighted by molar-refractivity contribution is -0.0905. The van der Waals surface area contributed by atoms with Gasteiger partial charge in [-0.15, -0.1) is 5.10 Å². The minimum Gasteiger partial charge on any atom is -0.497 e. The van der Waals surface area contributed by atoms with Crippen LogP contribution >= 0.6 is 0 Å². The summed E-state index contributed by atoms with van der Waals surface area (Å²) in [5.41, 5.74) is 1.52. The second kappa shape index (κ2) is 11.1. The van der Waals surface area contributed by atoms with Gasteiger partial charge in [0.05, 0.1) is 32.1 Å². The molecule has 2 heterocycles. The van der Waals surface area contributed by atoms with E-state index >= 15 is 0 Å². The topological polar surface area (TPSA) is 111 Å². The Labute approximate surface area is 196 Å². The first-order chi connectivity index (χ1) is 16.6. The Bertz CT molecular complexity index is 1090. The maximum atomic E-state index is 14.0. The summed E-state index contributed by atoms with van der Waals surface area (Å²) < 4.78 is 26.8. The minimum atomic E-state index is -0.509. The van der Waals surface area contributed by atoms with Crippen molar-refractivity contribution in [2.75, 3.05) is 19.0 Å². The molecule has 0 bridgehead atoms. The maximum absolute atomic E-state index is 14.0. The van der Waals surface area contributed by atoms with Crippen LogP contribution in [0.1, 0.15) is 19.3 Å². The lowest BCUT2D eigenvalue weighted by atomic mass is 9.97. The number of carbonyl (C=O) groups excluding carboxylic acids is 1. The van der Waals surface area contributed by atoms with E-state index in [2.05, 4.69) is 20.9 Å². The Morgan fingerprint density at radius 3 is 2.76 bits per heavy atom. The van der Waals surface area contributed by atoms with Gasteiger partial charge in [-0.1, -0.05) is 17.3 Å². The lowest BCUT2D eigenvalue weighted by Gasteiger charge is -2.36. The van der Waals surface area contributed by atoms with E-state index in [9.17, 15) is 14.3 Å². The highest BCUT2D eigenvalue weighted by atomic mass is 19.1. The van der Waals surface area contributed by atoms with Crippen LogP contribution in [-0.2, 0) is 11.3 Å². The number of halogens is 1. The number of aromatic nitrogens is 3. The first-order valence-corrected chi connectivity index (χ1v) is 11.2. The zero-order chi connectivity index (χ0) is 23.9. The highest BCUT2D eigenvalue weighted by Crippen LogP contribution is 2.24. The highest BCUT2D eigenvalue weighted by Gasteiger charge is 2.32. The molecule has 0 radical (unpaired) electrons. The van der Waals surface area contributed by atoms with Crippen LogP contribution in [0.15, 0.2) is 54.7 Å². The van der Waals surface area contributed by atoms with Crippen molar-refractivity contribution in [1.82, 2.24) is 20.3 Å². The van der Waals surface area contributed by atoms with Crippen molar-refractivity contribution in [3.05, 3.63) is 60.5 Å². The third-order valence-electron chi connectivity index (χ3n) is 5.83. The predicted molar refractivity (Wildman–Crippen MR) is 124 cm³/mol. The number of nitrogens with zero attached hydrogens (tertiary/aromatic N) is 3. The van der Waals surface area contributed by atoms with Crippen molar-refractivity contribution in [2.45, 2.75) is 44.1 Å². The fourth-order valence-electron chi connectivity index (χ4n) is 4.00. The van der Waals surface area contributed by atoms with Crippen LogP contribution in [0.3, 0.4) is 0 Å². The van der Waals surface area contributed by atoms with Crippen LogP contribution < -0.4 is 15.4 Å². The molecule has 1 fully saturated rings. The number of urea groups is 1.